The number of likely N-dealkylation sites (tertiary alicyclic amines) is 2. The highest BCUT2D eigenvalue weighted by Gasteiger charge is 2.38. The SMILES string of the molecule is COC(=O)N[C@H](C(=O)N1CC[C@H](C(=O)NCc2cnc([C@@H]3CCCN3C(=O)[C@@H](NC(=O)OC)C(C)C)[nH]2)C1)C(C)C. The zero-order valence-corrected chi connectivity index (χ0v) is 24.7. The van der Waals surface area contributed by atoms with E-state index < -0.39 is 24.3 Å². The number of ether oxygens (including phenoxy) is 2. The maximum Gasteiger partial charge on any atom is 0.407 e. The van der Waals surface area contributed by atoms with Crippen molar-refractivity contribution in [1.29, 1.82) is 0 Å². The Bertz CT molecular complexity index is 1110. The molecule has 2 aliphatic rings. The van der Waals surface area contributed by atoms with E-state index in [0.717, 1.165) is 12.8 Å². The molecule has 228 valence electrons. The summed E-state index contributed by atoms with van der Waals surface area (Å²) in [4.78, 5) is 73.7. The number of nitrogens with one attached hydrogen (secondary N) is 4. The smallest absolute Gasteiger partial charge is 0.407 e. The van der Waals surface area contributed by atoms with Gasteiger partial charge < -0.3 is 40.2 Å². The number of carbonyl (C=O) groups excluding carboxylic acids is 5. The van der Waals surface area contributed by atoms with Crippen LogP contribution < -0.4 is 16.0 Å². The molecule has 0 spiro atoms. The lowest BCUT2D eigenvalue weighted by Crippen LogP contribution is -2.51. The highest BCUT2D eigenvalue weighted by Crippen LogP contribution is 2.31. The monoisotopic (exact) mass is 577 g/mol. The number of hydrogen-bond donors (Lipinski definition) is 4. The van der Waals surface area contributed by atoms with E-state index in [4.69, 9.17) is 0 Å². The Kier molecular flexibility index (Phi) is 11.0. The molecule has 4 N–H and O–H groups in total. The Morgan fingerprint density at radius 1 is 0.951 bits per heavy atom. The van der Waals surface area contributed by atoms with Crippen molar-refractivity contribution in [3.63, 3.8) is 0 Å². The molecule has 3 rings (SSSR count). The van der Waals surface area contributed by atoms with Crippen LogP contribution in [0.25, 0.3) is 0 Å². The molecule has 1 aromatic heterocycles. The highest BCUT2D eigenvalue weighted by atomic mass is 16.5. The summed E-state index contributed by atoms with van der Waals surface area (Å²) in [5.74, 6) is -0.633. The van der Waals surface area contributed by atoms with Gasteiger partial charge in [0, 0.05) is 19.6 Å². The van der Waals surface area contributed by atoms with Crippen LogP contribution in [0.5, 0.6) is 0 Å². The minimum absolute atomic E-state index is 0.132. The third kappa shape index (κ3) is 7.88. The van der Waals surface area contributed by atoms with Gasteiger partial charge in [-0.1, -0.05) is 27.7 Å². The molecular formula is C27H43N7O7. The molecule has 0 unspecified atom stereocenters. The molecule has 4 atom stereocenters. The van der Waals surface area contributed by atoms with Crippen molar-refractivity contribution >= 4 is 29.9 Å². The first-order valence-electron chi connectivity index (χ1n) is 14.1. The van der Waals surface area contributed by atoms with Gasteiger partial charge in [-0.2, -0.15) is 0 Å². The molecule has 1 aromatic rings. The standard InChI is InChI=1S/C27H43N7O7/c1-15(2)20(31-26(38)40-5)24(36)33-11-9-17(14-33)23(35)29-13-18-12-28-22(30-18)19-8-7-10-34(19)25(37)21(16(3)4)32-27(39)41-6/h12,15-17,19-21H,7-11,13-14H2,1-6H3,(H,28,30)(H,29,35)(H,31,38)(H,32,39)/t17-,19-,20-,21-/m0/s1. The molecule has 5 amide bonds. The van der Waals surface area contributed by atoms with E-state index >= 15 is 0 Å². The van der Waals surface area contributed by atoms with E-state index in [0.29, 0.717) is 31.0 Å². The molecule has 2 aliphatic heterocycles. The predicted octanol–water partition coefficient (Wildman–Crippen LogP) is 1.30. The molecule has 0 aliphatic carbocycles. The van der Waals surface area contributed by atoms with Crippen LogP contribution in [0.2, 0.25) is 0 Å². The molecule has 2 saturated heterocycles. The van der Waals surface area contributed by atoms with E-state index in [1.54, 1.807) is 16.0 Å². The first-order valence-corrected chi connectivity index (χ1v) is 14.1. The number of aromatic nitrogens is 2. The Balaban J connectivity index is 1.56. The predicted molar refractivity (Wildman–Crippen MR) is 147 cm³/mol. The van der Waals surface area contributed by atoms with Gasteiger partial charge in [-0.05, 0) is 31.1 Å². The van der Waals surface area contributed by atoms with E-state index in [9.17, 15) is 24.0 Å². The zero-order chi connectivity index (χ0) is 30.3. The molecule has 0 aromatic carbocycles. The van der Waals surface area contributed by atoms with E-state index in [1.807, 2.05) is 27.7 Å². The van der Waals surface area contributed by atoms with Crippen molar-refractivity contribution < 1.29 is 33.4 Å². The summed E-state index contributed by atoms with van der Waals surface area (Å²) in [6.07, 6.45) is 2.35. The summed E-state index contributed by atoms with van der Waals surface area (Å²) in [5, 5.41) is 8.12. The third-order valence-corrected chi connectivity index (χ3v) is 7.61. The number of nitrogens with zero attached hydrogens (tertiary/aromatic N) is 3. The summed E-state index contributed by atoms with van der Waals surface area (Å²) in [6.45, 7) is 8.84. The van der Waals surface area contributed by atoms with Gasteiger partial charge in [0.1, 0.15) is 17.9 Å². The average Bonchev–Trinajstić information content (AvgIpc) is 3.72. The van der Waals surface area contributed by atoms with Gasteiger partial charge in [0.2, 0.25) is 17.7 Å². The quantitative estimate of drug-likeness (QED) is 0.322. The van der Waals surface area contributed by atoms with Gasteiger partial charge in [0.05, 0.1) is 44.6 Å². The molecule has 14 heteroatoms. The highest BCUT2D eigenvalue weighted by molar-refractivity contribution is 5.88. The number of aromatic amines is 1. The van der Waals surface area contributed by atoms with Crippen LogP contribution in [0.4, 0.5) is 9.59 Å². The molecule has 2 fully saturated rings. The first-order chi connectivity index (χ1) is 19.5. The average molecular weight is 578 g/mol. The molecule has 14 nitrogen and oxygen atoms in total. The minimum atomic E-state index is -0.734. The van der Waals surface area contributed by atoms with Crippen molar-refractivity contribution in [3.05, 3.63) is 17.7 Å². The molecule has 0 radical (unpaired) electrons. The zero-order valence-electron chi connectivity index (χ0n) is 24.7. The molecule has 41 heavy (non-hydrogen) atoms. The second kappa shape index (κ2) is 14.2. The topological polar surface area (TPSA) is 175 Å². The van der Waals surface area contributed by atoms with E-state index in [2.05, 4.69) is 35.4 Å². The third-order valence-electron chi connectivity index (χ3n) is 7.61. The fourth-order valence-electron chi connectivity index (χ4n) is 5.23. The Morgan fingerprint density at radius 3 is 2.15 bits per heavy atom. The van der Waals surface area contributed by atoms with Gasteiger partial charge in [0.15, 0.2) is 0 Å². The van der Waals surface area contributed by atoms with Gasteiger partial charge >= 0.3 is 12.2 Å². The maximum atomic E-state index is 13.3. The lowest BCUT2D eigenvalue weighted by molar-refractivity contribution is -0.135. The minimum Gasteiger partial charge on any atom is -0.453 e. The fraction of sp³-hybridized carbons (Fsp3) is 0.704. The summed E-state index contributed by atoms with van der Waals surface area (Å²) in [6, 6.07) is -1.72. The van der Waals surface area contributed by atoms with Crippen LogP contribution in [0.1, 0.15) is 64.5 Å². The Labute approximate surface area is 240 Å². The van der Waals surface area contributed by atoms with E-state index in [-0.39, 0.29) is 54.6 Å². The van der Waals surface area contributed by atoms with Crippen molar-refractivity contribution in [1.82, 2.24) is 35.7 Å². The van der Waals surface area contributed by atoms with Crippen molar-refractivity contribution in [2.75, 3.05) is 33.9 Å². The summed E-state index contributed by atoms with van der Waals surface area (Å²) >= 11 is 0. The Morgan fingerprint density at radius 2 is 1.56 bits per heavy atom. The van der Waals surface area contributed by atoms with Gasteiger partial charge in [-0.15, -0.1) is 0 Å². The molecule has 0 bridgehead atoms. The number of carbonyl (C=O) groups is 5. The lowest BCUT2D eigenvalue weighted by Gasteiger charge is -2.30. The maximum absolute atomic E-state index is 13.3. The normalized spacial score (nSPS) is 20.1. The summed E-state index contributed by atoms with van der Waals surface area (Å²) < 4.78 is 9.32. The van der Waals surface area contributed by atoms with Crippen molar-refractivity contribution in [3.8, 4) is 0 Å². The number of imidazole rings is 1. The Hall–Kier alpha value is -3.84. The molecule has 0 saturated carbocycles. The summed E-state index contributed by atoms with van der Waals surface area (Å²) in [7, 11) is 2.50. The van der Waals surface area contributed by atoms with Gasteiger partial charge in [0.25, 0.3) is 0 Å². The second-order valence-corrected chi connectivity index (χ2v) is 11.2. The van der Waals surface area contributed by atoms with Crippen LogP contribution in [-0.4, -0.2) is 95.6 Å². The van der Waals surface area contributed by atoms with Gasteiger partial charge in [-0.3, -0.25) is 14.4 Å². The fourth-order valence-corrected chi connectivity index (χ4v) is 5.23. The number of amides is 5. The summed E-state index contributed by atoms with van der Waals surface area (Å²) in [5.41, 5.74) is 0.689. The van der Waals surface area contributed by atoms with Crippen LogP contribution in [0.3, 0.4) is 0 Å². The number of alkyl carbamates (subject to hydrolysis) is 2. The molecule has 3 heterocycles. The number of rotatable bonds is 10. The van der Waals surface area contributed by atoms with Crippen molar-refractivity contribution in [2.45, 2.75) is 71.6 Å². The van der Waals surface area contributed by atoms with E-state index in [1.165, 1.54) is 14.2 Å². The largest absolute Gasteiger partial charge is 0.453 e. The second-order valence-electron chi connectivity index (χ2n) is 11.2. The van der Waals surface area contributed by atoms with Crippen LogP contribution in [0.15, 0.2) is 6.20 Å². The number of methoxy groups -OCH3 is 2. The lowest BCUT2D eigenvalue weighted by atomic mass is 10.0. The molecular weight excluding hydrogens is 534 g/mol. The number of H-pyrrole nitrogens is 1. The van der Waals surface area contributed by atoms with Crippen LogP contribution in [0, 0.1) is 17.8 Å². The van der Waals surface area contributed by atoms with Crippen molar-refractivity contribution in [2.24, 2.45) is 17.8 Å². The number of hydrogen-bond acceptors (Lipinski definition) is 8. The van der Waals surface area contributed by atoms with Gasteiger partial charge in [-0.25, -0.2) is 14.6 Å². The van der Waals surface area contributed by atoms with Crippen LogP contribution >= 0.6 is 0 Å². The first kappa shape index (κ1) is 31.7. The van der Waals surface area contributed by atoms with Crippen LogP contribution in [-0.2, 0) is 30.4 Å².